The molecule has 0 aliphatic heterocycles. The van der Waals surface area contributed by atoms with Crippen LogP contribution in [-0.4, -0.2) is 31.4 Å². The summed E-state index contributed by atoms with van der Waals surface area (Å²) in [5.74, 6) is 1.09. The van der Waals surface area contributed by atoms with Gasteiger partial charge in [0.05, 0.1) is 12.9 Å². The highest BCUT2D eigenvalue weighted by molar-refractivity contribution is 5.71. The van der Waals surface area contributed by atoms with Crippen LogP contribution in [-0.2, 0) is 19.0 Å². The number of fused-ring (bicyclic) bond motifs is 2. The van der Waals surface area contributed by atoms with Crippen molar-refractivity contribution < 1.29 is 19.0 Å². The van der Waals surface area contributed by atoms with Gasteiger partial charge in [-0.25, -0.2) is 4.79 Å². The maximum Gasteiger partial charge on any atom is 0.332 e. The van der Waals surface area contributed by atoms with Crippen LogP contribution in [0.4, 0.5) is 0 Å². The van der Waals surface area contributed by atoms with Crippen LogP contribution in [0.1, 0.15) is 39.0 Å². The first kappa shape index (κ1) is 14.4. The van der Waals surface area contributed by atoms with Crippen molar-refractivity contribution in [2.24, 2.45) is 11.8 Å². The first-order chi connectivity index (χ1) is 9.20. The Balaban J connectivity index is 1.73. The molecule has 0 amide bonds. The van der Waals surface area contributed by atoms with Crippen molar-refractivity contribution in [2.75, 3.05) is 19.8 Å². The van der Waals surface area contributed by atoms with E-state index in [0.717, 1.165) is 18.8 Å². The summed E-state index contributed by atoms with van der Waals surface area (Å²) in [6, 6.07) is 0. The molecule has 2 aliphatic carbocycles. The van der Waals surface area contributed by atoms with Gasteiger partial charge in [0.15, 0.2) is 0 Å². The Kier molecular flexibility index (Phi) is 4.86. The highest BCUT2D eigenvalue weighted by Gasteiger charge is 2.52. The lowest BCUT2D eigenvalue weighted by Gasteiger charge is -2.36. The lowest BCUT2D eigenvalue weighted by atomic mass is 9.82. The van der Waals surface area contributed by atoms with E-state index in [1.54, 1.807) is 0 Å². The van der Waals surface area contributed by atoms with Gasteiger partial charge in [-0.15, -0.1) is 0 Å². The zero-order valence-corrected chi connectivity index (χ0v) is 11.7. The average Bonchev–Trinajstić information content (AvgIpc) is 2.99. The number of ether oxygens (including phenoxy) is 3. The van der Waals surface area contributed by atoms with Gasteiger partial charge in [0.1, 0.15) is 18.8 Å². The topological polar surface area (TPSA) is 44.8 Å². The van der Waals surface area contributed by atoms with E-state index in [4.69, 9.17) is 14.2 Å². The molecule has 3 unspecified atom stereocenters. The summed E-state index contributed by atoms with van der Waals surface area (Å²) in [7, 11) is 0. The molecule has 0 radical (unpaired) electrons. The Morgan fingerprint density at radius 3 is 2.84 bits per heavy atom. The molecule has 108 valence electrons. The zero-order chi connectivity index (χ0) is 13.7. The standard InChI is InChI=1S/C15H24O4/c1-3-15(10-12-5-6-13(15)9-12)19-14(16)11-18-8-7-17-4-2/h4,12-13H,2-3,5-11H2,1H3. The van der Waals surface area contributed by atoms with Crippen LogP contribution in [0.2, 0.25) is 0 Å². The average molecular weight is 268 g/mol. The van der Waals surface area contributed by atoms with Crippen molar-refractivity contribution in [3.8, 4) is 0 Å². The second-order valence-corrected chi connectivity index (χ2v) is 5.56. The lowest BCUT2D eigenvalue weighted by Crippen LogP contribution is -2.40. The minimum Gasteiger partial charge on any atom is -0.499 e. The molecule has 0 aromatic carbocycles. The van der Waals surface area contributed by atoms with Gasteiger partial charge in [-0.05, 0) is 43.9 Å². The van der Waals surface area contributed by atoms with E-state index < -0.39 is 0 Å². The van der Waals surface area contributed by atoms with Crippen molar-refractivity contribution in [2.45, 2.75) is 44.6 Å². The molecular weight excluding hydrogens is 244 g/mol. The number of esters is 1. The molecule has 0 saturated heterocycles. The summed E-state index contributed by atoms with van der Waals surface area (Å²) in [6.07, 6.45) is 7.07. The fourth-order valence-electron chi connectivity index (χ4n) is 3.63. The normalized spacial score (nSPS) is 32.3. The second-order valence-electron chi connectivity index (χ2n) is 5.56. The summed E-state index contributed by atoms with van der Waals surface area (Å²) in [5.41, 5.74) is -0.207. The number of carbonyl (C=O) groups is 1. The fourth-order valence-corrected chi connectivity index (χ4v) is 3.63. The monoisotopic (exact) mass is 268 g/mol. The summed E-state index contributed by atoms with van der Waals surface area (Å²) < 4.78 is 15.9. The van der Waals surface area contributed by atoms with E-state index in [1.807, 2.05) is 0 Å². The molecule has 0 aromatic heterocycles. The molecule has 2 fully saturated rings. The summed E-state index contributed by atoms with van der Waals surface area (Å²) >= 11 is 0. The molecular formula is C15H24O4. The van der Waals surface area contributed by atoms with Gasteiger partial charge >= 0.3 is 5.97 Å². The fraction of sp³-hybridized carbons (Fsp3) is 0.800. The third-order valence-electron chi connectivity index (χ3n) is 4.52. The predicted molar refractivity (Wildman–Crippen MR) is 71.5 cm³/mol. The van der Waals surface area contributed by atoms with Crippen molar-refractivity contribution in [3.05, 3.63) is 12.8 Å². The Morgan fingerprint density at radius 1 is 1.42 bits per heavy atom. The van der Waals surface area contributed by atoms with Crippen LogP contribution in [0.3, 0.4) is 0 Å². The van der Waals surface area contributed by atoms with Gasteiger partial charge in [0, 0.05) is 0 Å². The van der Waals surface area contributed by atoms with Crippen molar-refractivity contribution in [1.82, 2.24) is 0 Å². The first-order valence-electron chi connectivity index (χ1n) is 7.22. The van der Waals surface area contributed by atoms with E-state index >= 15 is 0 Å². The molecule has 4 nitrogen and oxygen atoms in total. The van der Waals surface area contributed by atoms with E-state index in [-0.39, 0.29) is 18.2 Å². The molecule has 3 atom stereocenters. The lowest BCUT2D eigenvalue weighted by molar-refractivity contribution is -0.172. The van der Waals surface area contributed by atoms with Crippen LogP contribution >= 0.6 is 0 Å². The highest BCUT2D eigenvalue weighted by atomic mass is 16.6. The van der Waals surface area contributed by atoms with Crippen LogP contribution in [0.15, 0.2) is 12.8 Å². The van der Waals surface area contributed by atoms with Crippen molar-refractivity contribution in [1.29, 1.82) is 0 Å². The molecule has 0 N–H and O–H groups in total. The number of carbonyl (C=O) groups excluding carboxylic acids is 1. The number of hydrogen-bond acceptors (Lipinski definition) is 4. The van der Waals surface area contributed by atoms with Gasteiger partial charge in [0.25, 0.3) is 0 Å². The number of hydrogen-bond donors (Lipinski definition) is 0. The van der Waals surface area contributed by atoms with Crippen molar-refractivity contribution in [3.63, 3.8) is 0 Å². The Bertz CT molecular complexity index is 328. The quantitative estimate of drug-likeness (QED) is 0.386. The summed E-state index contributed by atoms with van der Waals surface area (Å²) in [4.78, 5) is 11.9. The molecule has 2 saturated carbocycles. The summed E-state index contributed by atoms with van der Waals surface area (Å²) in [5, 5.41) is 0. The Morgan fingerprint density at radius 2 is 2.26 bits per heavy atom. The van der Waals surface area contributed by atoms with E-state index in [2.05, 4.69) is 13.5 Å². The van der Waals surface area contributed by atoms with Crippen LogP contribution in [0.25, 0.3) is 0 Å². The second kappa shape index (κ2) is 6.42. The van der Waals surface area contributed by atoms with E-state index in [0.29, 0.717) is 19.1 Å². The van der Waals surface area contributed by atoms with E-state index in [9.17, 15) is 4.79 Å². The molecule has 2 aliphatic rings. The number of rotatable bonds is 8. The van der Waals surface area contributed by atoms with Crippen molar-refractivity contribution >= 4 is 5.97 Å². The maximum absolute atomic E-state index is 11.9. The van der Waals surface area contributed by atoms with Gasteiger partial charge in [-0.2, -0.15) is 0 Å². The van der Waals surface area contributed by atoms with Crippen LogP contribution < -0.4 is 0 Å². The first-order valence-corrected chi connectivity index (χ1v) is 7.22. The zero-order valence-electron chi connectivity index (χ0n) is 11.7. The highest BCUT2D eigenvalue weighted by Crippen LogP contribution is 2.54. The van der Waals surface area contributed by atoms with Gasteiger partial charge < -0.3 is 14.2 Å². The predicted octanol–water partition coefficient (Wildman–Crippen LogP) is 2.68. The molecule has 2 rings (SSSR count). The van der Waals surface area contributed by atoms with Crippen LogP contribution in [0, 0.1) is 11.8 Å². The van der Waals surface area contributed by atoms with Crippen LogP contribution in [0.5, 0.6) is 0 Å². The molecule has 0 spiro atoms. The van der Waals surface area contributed by atoms with Gasteiger partial charge in [-0.3, -0.25) is 0 Å². The molecule has 0 heterocycles. The molecule has 2 bridgehead atoms. The molecule has 4 heteroatoms. The smallest absolute Gasteiger partial charge is 0.332 e. The largest absolute Gasteiger partial charge is 0.499 e. The van der Waals surface area contributed by atoms with E-state index in [1.165, 1.54) is 25.5 Å². The Hall–Kier alpha value is -1.03. The molecule has 19 heavy (non-hydrogen) atoms. The third-order valence-corrected chi connectivity index (χ3v) is 4.52. The van der Waals surface area contributed by atoms with Gasteiger partial charge in [0.2, 0.25) is 0 Å². The minimum atomic E-state index is -0.243. The summed E-state index contributed by atoms with van der Waals surface area (Å²) in [6.45, 7) is 6.36. The minimum absolute atomic E-state index is 0.0135. The SMILES string of the molecule is C=COCCOCC(=O)OC1(CC)CC2CCC1C2. The Labute approximate surface area is 115 Å². The third kappa shape index (κ3) is 3.30. The molecule has 0 aromatic rings. The van der Waals surface area contributed by atoms with Gasteiger partial charge in [-0.1, -0.05) is 13.5 Å². The maximum atomic E-state index is 11.9.